The quantitative estimate of drug-likeness (QED) is 0.650. The molecule has 0 saturated heterocycles. The number of rotatable bonds is 4. The number of aryl methyl sites for hydroxylation is 1. The summed E-state index contributed by atoms with van der Waals surface area (Å²) in [6.45, 7) is 4.94. The van der Waals surface area contributed by atoms with Gasteiger partial charge in [0.2, 0.25) is 5.95 Å². The summed E-state index contributed by atoms with van der Waals surface area (Å²) in [7, 11) is -3.71. The maximum absolute atomic E-state index is 13.5. The van der Waals surface area contributed by atoms with Crippen LogP contribution in [-0.2, 0) is 16.4 Å². The number of hydrogen-bond acceptors (Lipinski definition) is 5. The molecule has 0 radical (unpaired) electrons. The second-order valence-corrected chi connectivity index (χ2v) is 7.00. The Bertz CT molecular complexity index is 904. The van der Waals surface area contributed by atoms with Gasteiger partial charge < -0.3 is 5.32 Å². The van der Waals surface area contributed by atoms with Crippen LogP contribution in [-0.4, -0.2) is 30.2 Å². The maximum Gasteiger partial charge on any atom is 0.453 e. The van der Waals surface area contributed by atoms with Crippen LogP contribution in [0.15, 0.2) is 17.0 Å². The van der Waals surface area contributed by atoms with Gasteiger partial charge in [-0.3, -0.25) is 0 Å². The molecule has 2 rings (SSSR count). The highest BCUT2D eigenvalue weighted by Crippen LogP contribution is 2.33. The Hall–Kier alpha value is -2.17. The lowest BCUT2D eigenvalue weighted by Gasteiger charge is -2.16. The van der Waals surface area contributed by atoms with Gasteiger partial charge in [-0.05, 0) is 30.0 Å². The first kappa shape index (κ1) is 19.2. The molecule has 0 bridgehead atoms. The molecule has 0 spiro atoms. The number of benzene rings is 1. The molecule has 0 unspecified atom stereocenters. The fraction of sp³-hybridized carbons (Fsp3) is 0.429. The van der Waals surface area contributed by atoms with Crippen LogP contribution >= 0.6 is 0 Å². The molecule has 11 heteroatoms. The van der Waals surface area contributed by atoms with Crippen molar-refractivity contribution in [3.05, 3.63) is 29.1 Å². The van der Waals surface area contributed by atoms with E-state index >= 15 is 0 Å². The number of nitrogens with zero attached hydrogens (tertiary/aromatic N) is 3. The van der Waals surface area contributed by atoms with Crippen molar-refractivity contribution < 1.29 is 25.5 Å². The van der Waals surface area contributed by atoms with Crippen LogP contribution in [0.5, 0.6) is 0 Å². The van der Waals surface area contributed by atoms with E-state index in [0.717, 1.165) is 10.7 Å². The molecule has 0 amide bonds. The average molecular weight is 380 g/mol. The fourth-order valence-electron chi connectivity index (χ4n) is 2.37. The van der Waals surface area contributed by atoms with E-state index < -0.39 is 27.1 Å². The zero-order valence-corrected chi connectivity index (χ0v) is 14.6. The molecule has 2 aromatic rings. The third-order valence-electron chi connectivity index (χ3n) is 3.52. The van der Waals surface area contributed by atoms with E-state index in [4.69, 9.17) is 0 Å². The zero-order chi connectivity index (χ0) is 19.2. The lowest BCUT2D eigenvalue weighted by molar-refractivity contribution is -0.144. The molecule has 1 aromatic heterocycles. The summed E-state index contributed by atoms with van der Waals surface area (Å²) < 4.78 is 75.7. The molecule has 1 N–H and O–H groups in total. The Morgan fingerprint density at radius 2 is 1.84 bits per heavy atom. The van der Waals surface area contributed by atoms with Gasteiger partial charge in [0.15, 0.2) is 0 Å². The molecule has 0 saturated carbocycles. The molecule has 25 heavy (non-hydrogen) atoms. The minimum absolute atomic E-state index is 0.00387. The minimum atomic E-state index is -5.05. The van der Waals surface area contributed by atoms with Crippen molar-refractivity contribution in [2.45, 2.75) is 37.8 Å². The third-order valence-corrected chi connectivity index (χ3v) is 4.49. The van der Waals surface area contributed by atoms with Gasteiger partial charge in [0, 0.05) is 7.05 Å². The van der Waals surface area contributed by atoms with Gasteiger partial charge >= 0.3 is 16.4 Å². The number of aromatic nitrogens is 3. The number of nitrogens with one attached hydrogen (secondary N) is 1. The third kappa shape index (κ3) is 3.75. The number of anilines is 1. The second kappa shape index (κ2) is 6.28. The van der Waals surface area contributed by atoms with Crippen molar-refractivity contribution in [3.8, 4) is 5.69 Å². The van der Waals surface area contributed by atoms with Gasteiger partial charge in [-0.1, -0.05) is 19.9 Å². The molecule has 0 aliphatic carbocycles. The summed E-state index contributed by atoms with van der Waals surface area (Å²) in [4.78, 5) is 2.74. The summed E-state index contributed by atoms with van der Waals surface area (Å²) in [5, 5.41) is 5.89. The molecule has 1 aromatic carbocycles. The molecular weight excluding hydrogens is 364 g/mol. The SMILES string of the molecule is CNc1nc(C(F)(F)F)nn1-c1cc(S(=O)(=O)F)c(C)cc1C(C)C. The normalized spacial score (nSPS) is 12.7. The number of halogens is 4. The Morgan fingerprint density at radius 1 is 1.24 bits per heavy atom. The standard InChI is InChI=1S/C14H16F4N4O2S/c1-7(2)9-5-8(3)11(25(18,23)24)6-10(9)22-13(19-4)20-12(21-22)14(15,16)17/h5-7H,1-4H3,(H,19,20,21). The first-order valence-corrected chi connectivity index (χ1v) is 8.56. The maximum atomic E-state index is 13.5. The van der Waals surface area contributed by atoms with Crippen LogP contribution in [0, 0.1) is 6.92 Å². The van der Waals surface area contributed by atoms with Crippen molar-refractivity contribution in [1.29, 1.82) is 0 Å². The van der Waals surface area contributed by atoms with Crippen LogP contribution in [0.3, 0.4) is 0 Å². The second-order valence-electron chi connectivity index (χ2n) is 5.69. The average Bonchev–Trinajstić information content (AvgIpc) is 2.89. The summed E-state index contributed by atoms with van der Waals surface area (Å²) in [6.07, 6.45) is -4.78. The van der Waals surface area contributed by atoms with Crippen molar-refractivity contribution in [1.82, 2.24) is 14.8 Å². The van der Waals surface area contributed by atoms with Gasteiger partial charge in [0.05, 0.1) is 5.69 Å². The van der Waals surface area contributed by atoms with E-state index in [2.05, 4.69) is 15.4 Å². The van der Waals surface area contributed by atoms with Crippen LogP contribution in [0.1, 0.15) is 36.7 Å². The molecule has 0 fully saturated rings. The fourth-order valence-corrected chi connectivity index (χ4v) is 3.07. The van der Waals surface area contributed by atoms with E-state index in [0.29, 0.717) is 5.56 Å². The topological polar surface area (TPSA) is 76.9 Å². The largest absolute Gasteiger partial charge is 0.453 e. The van der Waals surface area contributed by atoms with Gasteiger partial charge in [-0.25, -0.2) is 0 Å². The Balaban J connectivity index is 2.84. The lowest BCUT2D eigenvalue weighted by Crippen LogP contribution is -2.11. The first-order chi connectivity index (χ1) is 11.4. The molecule has 1 heterocycles. The summed E-state index contributed by atoms with van der Waals surface area (Å²) in [5.74, 6) is -1.83. The molecule has 0 aliphatic rings. The Labute approximate surface area is 142 Å². The molecule has 138 valence electrons. The van der Waals surface area contributed by atoms with Crippen LogP contribution in [0.25, 0.3) is 5.69 Å². The summed E-state index contributed by atoms with van der Waals surface area (Å²) >= 11 is 0. The van der Waals surface area contributed by atoms with E-state index in [-0.39, 0.29) is 23.1 Å². The lowest BCUT2D eigenvalue weighted by atomic mass is 9.99. The summed E-state index contributed by atoms with van der Waals surface area (Å²) in [6, 6.07) is 2.39. The van der Waals surface area contributed by atoms with Crippen molar-refractivity contribution in [2.75, 3.05) is 12.4 Å². The van der Waals surface area contributed by atoms with Gasteiger partial charge in [0.1, 0.15) is 4.90 Å². The van der Waals surface area contributed by atoms with Gasteiger partial charge in [-0.15, -0.1) is 8.98 Å². The molecule has 6 nitrogen and oxygen atoms in total. The monoisotopic (exact) mass is 380 g/mol. The van der Waals surface area contributed by atoms with E-state index in [1.54, 1.807) is 13.8 Å². The number of hydrogen-bond donors (Lipinski definition) is 1. The number of alkyl halides is 3. The highest BCUT2D eigenvalue weighted by molar-refractivity contribution is 7.86. The Kier molecular flexibility index (Phi) is 4.81. The zero-order valence-electron chi connectivity index (χ0n) is 13.8. The van der Waals surface area contributed by atoms with E-state index in [1.807, 2.05) is 0 Å². The minimum Gasteiger partial charge on any atom is -0.357 e. The van der Waals surface area contributed by atoms with Crippen molar-refractivity contribution in [2.24, 2.45) is 0 Å². The predicted octanol–water partition coefficient (Wildman–Crippen LogP) is 3.42. The Morgan fingerprint density at radius 3 is 2.28 bits per heavy atom. The first-order valence-electron chi connectivity index (χ1n) is 7.17. The van der Waals surface area contributed by atoms with Gasteiger partial charge in [0.25, 0.3) is 5.82 Å². The van der Waals surface area contributed by atoms with E-state index in [1.165, 1.54) is 20.0 Å². The summed E-state index contributed by atoms with van der Waals surface area (Å²) in [5.41, 5.74) is 0.654. The van der Waals surface area contributed by atoms with Crippen LogP contribution in [0.2, 0.25) is 0 Å². The van der Waals surface area contributed by atoms with Crippen molar-refractivity contribution in [3.63, 3.8) is 0 Å². The van der Waals surface area contributed by atoms with E-state index in [9.17, 15) is 25.5 Å². The molecular formula is C14H16F4N4O2S. The highest BCUT2D eigenvalue weighted by Gasteiger charge is 2.37. The van der Waals surface area contributed by atoms with Crippen molar-refractivity contribution >= 4 is 16.2 Å². The predicted molar refractivity (Wildman–Crippen MR) is 83.0 cm³/mol. The highest BCUT2D eigenvalue weighted by atomic mass is 32.3. The van der Waals surface area contributed by atoms with Crippen LogP contribution in [0.4, 0.5) is 23.0 Å². The molecule has 0 aliphatic heterocycles. The molecule has 0 atom stereocenters. The van der Waals surface area contributed by atoms with Gasteiger partial charge in [-0.2, -0.15) is 31.3 Å². The van der Waals surface area contributed by atoms with Crippen LogP contribution < -0.4 is 5.32 Å². The smallest absolute Gasteiger partial charge is 0.357 e.